The smallest absolute Gasteiger partial charge is 0.132 e. The van der Waals surface area contributed by atoms with E-state index in [0.717, 1.165) is 25.7 Å². The van der Waals surface area contributed by atoms with Crippen molar-refractivity contribution in [2.24, 2.45) is 0 Å². The van der Waals surface area contributed by atoms with Crippen molar-refractivity contribution in [2.75, 3.05) is 0 Å². The minimum Gasteiger partial charge on any atom is -0.300 e. The molecular formula is C9H18O. The summed E-state index contributed by atoms with van der Waals surface area (Å²) in [6, 6.07) is 0. The van der Waals surface area contributed by atoms with Gasteiger partial charge in [-0.1, -0.05) is 26.7 Å². The summed E-state index contributed by atoms with van der Waals surface area (Å²) in [7, 11) is 0. The first-order valence-corrected chi connectivity index (χ1v) is 4.41. The molecule has 0 amide bonds. The van der Waals surface area contributed by atoms with Crippen molar-refractivity contribution in [2.45, 2.75) is 52.4 Å². The van der Waals surface area contributed by atoms with Gasteiger partial charge in [-0.15, -0.1) is 0 Å². The Kier molecular flexibility index (Phi) is 6.56. The fourth-order valence-electron chi connectivity index (χ4n) is 1.12. The Morgan fingerprint density at radius 1 is 0.900 bits per heavy atom. The summed E-state index contributed by atoms with van der Waals surface area (Å²) in [6.45, 7) is 4.00. The zero-order chi connectivity index (χ0) is 7.82. The number of Topliss-reactive ketones (excluding diaryl/α,β-unsaturated/α-hetero) is 1. The van der Waals surface area contributed by atoms with Crippen LogP contribution in [-0.2, 0) is 4.79 Å². The zero-order valence-electron chi connectivity index (χ0n) is 7.15. The zero-order valence-corrected chi connectivity index (χ0v) is 7.15. The molecule has 0 heterocycles. The maximum Gasteiger partial charge on any atom is 0.132 e. The lowest BCUT2D eigenvalue weighted by atomic mass is 10.2. The van der Waals surface area contributed by atoms with Crippen molar-refractivity contribution in [3.05, 3.63) is 0 Å². The molecule has 0 saturated heterocycles. The highest BCUT2D eigenvalue weighted by Gasteiger charge is 2.04. The van der Waals surface area contributed by atoms with Gasteiger partial charge in [0.2, 0.25) is 0 Å². The molecule has 0 bridgehead atoms. The van der Waals surface area contributed by atoms with Crippen molar-refractivity contribution in [1.29, 1.82) is 0 Å². The van der Waals surface area contributed by atoms with Gasteiger partial charge in [0, 0.05) is 12.8 Å². The summed E-state index contributed by atoms with van der Waals surface area (Å²) < 4.78 is 0. The summed E-state index contributed by atoms with van der Waals surface area (Å²) >= 11 is 0. The Labute approximate surface area is 63.8 Å². The Hall–Kier alpha value is -0.330. The van der Waals surface area contributed by atoms with Gasteiger partial charge in [-0.05, 0) is 12.8 Å². The van der Waals surface area contributed by atoms with Gasteiger partial charge in [-0.2, -0.15) is 0 Å². The van der Waals surface area contributed by atoms with Crippen molar-refractivity contribution in [1.82, 2.24) is 0 Å². The first-order valence-electron chi connectivity index (χ1n) is 4.41. The van der Waals surface area contributed by atoms with Crippen molar-refractivity contribution >= 4 is 5.78 Å². The molecule has 60 valence electrons. The predicted molar refractivity (Wildman–Crippen MR) is 44.1 cm³/mol. The third-order valence-electron chi connectivity index (χ3n) is 1.66. The largest absolute Gasteiger partial charge is 0.300 e. The fraction of sp³-hybridized carbons (Fsp3) is 0.889. The molecule has 1 nitrogen and oxygen atoms in total. The van der Waals surface area contributed by atoms with E-state index in [2.05, 4.69) is 0 Å². The molecule has 10 heavy (non-hydrogen) atoms. The van der Waals surface area contributed by atoms with Crippen LogP contribution in [0.3, 0.4) is 0 Å². The number of hydrogen-bond donors (Lipinski definition) is 0. The Balaban J connectivity index is 0.000000371. The molecular weight excluding hydrogens is 124 g/mol. The lowest BCUT2D eigenvalue weighted by Gasteiger charge is -1.87. The molecule has 1 heteroatoms. The second kappa shape index (κ2) is 6.79. The van der Waals surface area contributed by atoms with Gasteiger partial charge in [0.05, 0.1) is 0 Å². The van der Waals surface area contributed by atoms with Gasteiger partial charge in [-0.25, -0.2) is 0 Å². The van der Waals surface area contributed by atoms with E-state index in [1.54, 1.807) is 0 Å². The molecule has 1 saturated carbocycles. The number of carbonyl (C=O) groups is 1. The Bertz CT molecular complexity index is 76.7. The van der Waals surface area contributed by atoms with E-state index in [0.29, 0.717) is 5.78 Å². The average molecular weight is 142 g/mol. The maximum atomic E-state index is 10.7. The van der Waals surface area contributed by atoms with Crippen LogP contribution in [0.4, 0.5) is 0 Å². The van der Waals surface area contributed by atoms with Crippen LogP contribution in [0.1, 0.15) is 52.4 Å². The number of ketones is 1. The van der Waals surface area contributed by atoms with E-state index in [-0.39, 0.29) is 0 Å². The molecule has 0 radical (unpaired) electrons. The van der Waals surface area contributed by atoms with Gasteiger partial charge < -0.3 is 0 Å². The molecule has 0 aromatic carbocycles. The average Bonchev–Trinajstić information content (AvgIpc) is 2.21. The van der Waals surface area contributed by atoms with E-state index in [9.17, 15) is 4.79 Å². The number of rotatable bonds is 0. The molecule has 0 N–H and O–H groups in total. The third-order valence-corrected chi connectivity index (χ3v) is 1.66. The molecule has 0 aliphatic heterocycles. The first-order chi connectivity index (χ1) is 4.89. The van der Waals surface area contributed by atoms with Crippen LogP contribution in [0, 0.1) is 0 Å². The molecule has 1 aliphatic carbocycles. The van der Waals surface area contributed by atoms with Crippen LogP contribution < -0.4 is 0 Å². The van der Waals surface area contributed by atoms with Crippen LogP contribution in [0.15, 0.2) is 0 Å². The third kappa shape index (κ3) is 4.54. The van der Waals surface area contributed by atoms with Crippen LogP contribution >= 0.6 is 0 Å². The van der Waals surface area contributed by atoms with E-state index >= 15 is 0 Å². The summed E-state index contributed by atoms with van der Waals surface area (Å²) in [4.78, 5) is 10.7. The van der Waals surface area contributed by atoms with Crippen molar-refractivity contribution < 1.29 is 4.79 Å². The number of carbonyl (C=O) groups excluding carboxylic acids is 1. The molecule has 0 spiro atoms. The molecule has 0 atom stereocenters. The molecule has 0 aromatic rings. The minimum absolute atomic E-state index is 0.475. The van der Waals surface area contributed by atoms with Gasteiger partial charge >= 0.3 is 0 Å². The standard InChI is InChI=1S/C7H12O.C2H6/c8-7-5-3-1-2-4-6-7;1-2/h1-6H2;1-2H3. The highest BCUT2D eigenvalue weighted by atomic mass is 16.1. The Morgan fingerprint density at radius 2 is 1.30 bits per heavy atom. The summed E-state index contributed by atoms with van der Waals surface area (Å²) in [6.07, 6.45) is 6.51. The second-order valence-electron chi connectivity index (χ2n) is 2.45. The van der Waals surface area contributed by atoms with Crippen LogP contribution in [0.25, 0.3) is 0 Å². The lowest BCUT2D eigenvalue weighted by molar-refractivity contribution is -0.118. The molecule has 0 unspecified atom stereocenters. The lowest BCUT2D eigenvalue weighted by Crippen LogP contribution is -1.91. The van der Waals surface area contributed by atoms with E-state index in [1.807, 2.05) is 13.8 Å². The van der Waals surface area contributed by atoms with Crippen molar-refractivity contribution in [3.8, 4) is 0 Å². The van der Waals surface area contributed by atoms with Crippen LogP contribution in [0.2, 0.25) is 0 Å². The molecule has 1 rings (SSSR count). The van der Waals surface area contributed by atoms with Gasteiger partial charge in [0.25, 0.3) is 0 Å². The summed E-state index contributed by atoms with van der Waals surface area (Å²) in [5.41, 5.74) is 0. The highest BCUT2D eigenvalue weighted by molar-refractivity contribution is 5.78. The quantitative estimate of drug-likeness (QED) is 0.475. The van der Waals surface area contributed by atoms with Crippen LogP contribution in [0.5, 0.6) is 0 Å². The van der Waals surface area contributed by atoms with E-state index in [4.69, 9.17) is 0 Å². The fourth-order valence-corrected chi connectivity index (χ4v) is 1.12. The van der Waals surface area contributed by atoms with Crippen molar-refractivity contribution in [3.63, 3.8) is 0 Å². The minimum atomic E-state index is 0.475. The highest BCUT2D eigenvalue weighted by Crippen LogP contribution is 2.12. The predicted octanol–water partition coefficient (Wildman–Crippen LogP) is 2.94. The number of hydrogen-bond acceptors (Lipinski definition) is 1. The van der Waals surface area contributed by atoms with Gasteiger partial charge in [-0.3, -0.25) is 4.79 Å². The second-order valence-corrected chi connectivity index (χ2v) is 2.45. The Morgan fingerprint density at radius 3 is 1.70 bits per heavy atom. The SMILES string of the molecule is CC.O=C1CCCCCC1. The maximum absolute atomic E-state index is 10.7. The van der Waals surface area contributed by atoms with E-state index < -0.39 is 0 Å². The molecule has 0 aromatic heterocycles. The summed E-state index contributed by atoms with van der Waals surface area (Å²) in [5.74, 6) is 0.475. The summed E-state index contributed by atoms with van der Waals surface area (Å²) in [5, 5.41) is 0. The van der Waals surface area contributed by atoms with Gasteiger partial charge in [0.15, 0.2) is 0 Å². The topological polar surface area (TPSA) is 17.1 Å². The van der Waals surface area contributed by atoms with Gasteiger partial charge in [0.1, 0.15) is 5.78 Å². The molecule has 1 aliphatic rings. The monoisotopic (exact) mass is 142 g/mol. The normalized spacial score (nSPS) is 18.8. The van der Waals surface area contributed by atoms with E-state index in [1.165, 1.54) is 12.8 Å². The van der Waals surface area contributed by atoms with Crippen LogP contribution in [-0.4, -0.2) is 5.78 Å². The molecule has 1 fully saturated rings. The first kappa shape index (κ1) is 9.67.